The van der Waals surface area contributed by atoms with Crippen molar-refractivity contribution in [3.8, 4) is 11.5 Å². The van der Waals surface area contributed by atoms with E-state index in [1.165, 1.54) is 4.90 Å². The second-order valence-electron chi connectivity index (χ2n) is 8.59. The molecule has 1 aliphatic rings. The van der Waals surface area contributed by atoms with E-state index in [0.29, 0.717) is 49.7 Å². The SMILES string of the molecule is CCCOc1cccc(C2/C(=C(\O)c3ccc(OCCC)c(C)c3)C(=O)C(=O)N2CCCOC)c1. The van der Waals surface area contributed by atoms with Gasteiger partial charge in [0, 0.05) is 25.8 Å². The van der Waals surface area contributed by atoms with Crippen molar-refractivity contribution in [1.82, 2.24) is 4.90 Å². The summed E-state index contributed by atoms with van der Waals surface area (Å²) in [6.07, 6.45) is 2.31. The van der Waals surface area contributed by atoms with Crippen LogP contribution in [-0.2, 0) is 14.3 Å². The quantitative estimate of drug-likeness (QED) is 0.198. The minimum atomic E-state index is -0.728. The first-order valence-corrected chi connectivity index (χ1v) is 12.2. The summed E-state index contributed by atoms with van der Waals surface area (Å²) in [6, 6.07) is 11.9. The van der Waals surface area contributed by atoms with Gasteiger partial charge in [-0.3, -0.25) is 9.59 Å². The number of Topliss-reactive ketones (excluding diaryl/α,β-unsaturated/α-hetero) is 1. The van der Waals surface area contributed by atoms with Gasteiger partial charge in [0.1, 0.15) is 17.3 Å². The van der Waals surface area contributed by atoms with E-state index in [-0.39, 0.29) is 11.3 Å². The lowest BCUT2D eigenvalue weighted by Gasteiger charge is -2.25. The van der Waals surface area contributed by atoms with Gasteiger partial charge in [-0.2, -0.15) is 0 Å². The summed E-state index contributed by atoms with van der Waals surface area (Å²) in [4.78, 5) is 27.8. The topological polar surface area (TPSA) is 85.3 Å². The molecule has 1 atom stereocenters. The van der Waals surface area contributed by atoms with E-state index in [0.717, 1.165) is 24.2 Å². The highest BCUT2D eigenvalue weighted by Gasteiger charge is 2.45. The molecule has 1 unspecified atom stereocenters. The number of aliphatic hydroxyl groups is 1. The monoisotopic (exact) mass is 481 g/mol. The van der Waals surface area contributed by atoms with E-state index in [1.54, 1.807) is 25.3 Å². The van der Waals surface area contributed by atoms with Crippen LogP contribution in [0.1, 0.15) is 55.8 Å². The van der Waals surface area contributed by atoms with Gasteiger partial charge in [0.25, 0.3) is 11.7 Å². The third kappa shape index (κ3) is 6.03. The van der Waals surface area contributed by atoms with Crippen molar-refractivity contribution in [3.63, 3.8) is 0 Å². The number of amides is 1. The lowest BCUT2D eigenvalue weighted by atomic mass is 9.94. The highest BCUT2D eigenvalue weighted by Crippen LogP contribution is 2.40. The maximum Gasteiger partial charge on any atom is 0.295 e. The summed E-state index contributed by atoms with van der Waals surface area (Å²) in [5.74, 6) is -0.158. The van der Waals surface area contributed by atoms with Crippen molar-refractivity contribution < 1.29 is 28.9 Å². The summed E-state index contributed by atoms with van der Waals surface area (Å²) >= 11 is 0. The molecule has 7 heteroatoms. The van der Waals surface area contributed by atoms with Crippen molar-refractivity contribution in [3.05, 3.63) is 64.7 Å². The molecule has 0 saturated carbocycles. The highest BCUT2D eigenvalue weighted by molar-refractivity contribution is 6.46. The Morgan fingerprint density at radius 3 is 2.43 bits per heavy atom. The molecule has 2 aromatic rings. The first kappa shape index (κ1) is 26.3. The van der Waals surface area contributed by atoms with Crippen LogP contribution in [0.2, 0.25) is 0 Å². The lowest BCUT2D eigenvalue weighted by Crippen LogP contribution is -2.31. The predicted molar refractivity (Wildman–Crippen MR) is 135 cm³/mol. The van der Waals surface area contributed by atoms with E-state index >= 15 is 0 Å². The van der Waals surface area contributed by atoms with Crippen LogP contribution in [0.15, 0.2) is 48.0 Å². The van der Waals surface area contributed by atoms with Crippen LogP contribution in [0, 0.1) is 6.92 Å². The molecule has 0 radical (unpaired) electrons. The third-order valence-corrected chi connectivity index (χ3v) is 5.84. The average Bonchev–Trinajstić information content (AvgIpc) is 3.11. The van der Waals surface area contributed by atoms with Crippen LogP contribution in [0.5, 0.6) is 11.5 Å². The number of benzene rings is 2. The van der Waals surface area contributed by atoms with E-state index in [9.17, 15) is 14.7 Å². The second-order valence-corrected chi connectivity index (χ2v) is 8.59. The standard InChI is InChI=1S/C28H35NO6/c1-5-14-34-22-10-7-9-20(18-22)25-24(27(31)28(32)29(25)13-8-16-33-4)26(30)21-11-12-23(19(3)17-21)35-15-6-2/h7,9-12,17-18,25,30H,5-6,8,13-16H2,1-4H3/b26-24+. The molecule has 7 nitrogen and oxygen atoms in total. The second kappa shape index (κ2) is 12.4. The molecule has 1 heterocycles. The Morgan fingerprint density at radius 2 is 1.74 bits per heavy atom. The van der Waals surface area contributed by atoms with Crippen LogP contribution >= 0.6 is 0 Å². The van der Waals surface area contributed by atoms with Gasteiger partial charge in [0.15, 0.2) is 0 Å². The van der Waals surface area contributed by atoms with Gasteiger partial charge in [0.05, 0.1) is 24.8 Å². The maximum atomic E-state index is 13.2. The number of ether oxygens (including phenoxy) is 3. The fraction of sp³-hybridized carbons (Fsp3) is 0.429. The number of likely N-dealkylation sites (tertiary alicyclic amines) is 1. The van der Waals surface area contributed by atoms with Gasteiger partial charge >= 0.3 is 0 Å². The van der Waals surface area contributed by atoms with Crippen molar-refractivity contribution in [1.29, 1.82) is 0 Å². The first-order chi connectivity index (χ1) is 16.9. The molecule has 35 heavy (non-hydrogen) atoms. The summed E-state index contributed by atoms with van der Waals surface area (Å²) in [7, 11) is 1.59. The molecule has 1 amide bonds. The van der Waals surface area contributed by atoms with E-state index in [2.05, 4.69) is 0 Å². The molecule has 1 N–H and O–H groups in total. The Balaban J connectivity index is 2.07. The van der Waals surface area contributed by atoms with Gasteiger partial charge in [-0.05, 0) is 67.6 Å². The number of aliphatic hydroxyl groups excluding tert-OH is 1. The maximum absolute atomic E-state index is 13.2. The minimum Gasteiger partial charge on any atom is -0.507 e. The molecule has 1 saturated heterocycles. The number of carbonyl (C=O) groups is 2. The molecule has 1 fully saturated rings. The smallest absolute Gasteiger partial charge is 0.295 e. The Bertz CT molecular complexity index is 1080. The van der Waals surface area contributed by atoms with Crippen LogP contribution in [0.25, 0.3) is 5.76 Å². The number of nitrogens with zero attached hydrogens (tertiary/aromatic N) is 1. The molecule has 0 aliphatic carbocycles. The van der Waals surface area contributed by atoms with Crippen molar-refractivity contribution in [2.24, 2.45) is 0 Å². The Morgan fingerprint density at radius 1 is 1.00 bits per heavy atom. The van der Waals surface area contributed by atoms with Gasteiger partial charge in [-0.1, -0.05) is 26.0 Å². The third-order valence-electron chi connectivity index (χ3n) is 5.84. The fourth-order valence-corrected chi connectivity index (χ4v) is 4.16. The zero-order valence-corrected chi connectivity index (χ0v) is 21.0. The summed E-state index contributed by atoms with van der Waals surface area (Å²) in [5.41, 5.74) is 2.08. The molecule has 188 valence electrons. The van der Waals surface area contributed by atoms with Crippen LogP contribution in [0.3, 0.4) is 0 Å². The number of hydrogen-bond acceptors (Lipinski definition) is 6. The van der Waals surface area contributed by atoms with Crippen LogP contribution in [0.4, 0.5) is 0 Å². The Labute approximate surface area is 207 Å². The molecule has 2 aromatic carbocycles. The van der Waals surface area contributed by atoms with Crippen LogP contribution < -0.4 is 9.47 Å². The zero-order chi connectivity index (χ0) is 25.4. The number of rotatable bonds is 12. The minimum absolute atomic E-state index is 0.0710. The van der Waals surface area contributed by atoms with Gasteiger partial charge < -0.3 is 24.2 Å². The molecule has 1 aliphatic heterocycles. The zero-order valence-electron chi connectivity index (χ0n) is 21.0. The number of ketones is 1. The summed E-state index contributed by atoms with van der Waals surface area (Å²) in [5, 5.41) is 11.3. The van der Waals surface area contributed by atoms with Crippen molar-refractivity contribution in [2.75, 3.05) is 33.5 Å². The Hall–Kier alpha value is -3.32. The van der Waals surface area contributed by atoms with Gasteiger partial charge in [-0.15, -0.1) is 0 Å². The number of methoxy groups -OCH3 is 1. The summed E-state index contributed by atoms with van der Waals surface area (Å²) in [6.45, 7) is 7.87. The van der Waals surface area contributed by atoms with Crippen molar-refractivity contribution in [2.45, 2.75) is 46.1 Å². The number of hydrogen-bond donors (Lipinski definition) is 1. The predicted octanol–water partition coefficient (Wildman–Crippen LogP) is 5.03. The van der Waals surface area contributed by atoms with Gasteiger partial charge in [0.2, 0.25) is 0 Å². The Kier molecular flexibility index (Phi) is 9.32. The number of carbonyl (C=O) groups excluding carboxylic acids is 2. The highest BCUT2D eigenvalue weighted by atomic mass is 16.5. The van der Waals surface area contributed by atoms with Crippen molar-refractivity contribution >= 4 is 17.4 Å². The fourth-order valence-electron chi connectivity index (χ4n) is 4.16. The van der Waals surface area contributed by atoms with E-state index in [1.807, 2.05) is 45.0 Å². The molecule has 0 aromatic heterocycles. The number of aryl methyl sites for hydroxylation is 1. The van der Waals surface area contributed by atoms with Crippen LogP contribution in [-0.4, -0.2) is 55.2 Å². The molecular weight excluding hydrogens is 446 g/mol. The molecule has 3 rings (SSSR count). The first-order valence-electron chi connectivity index (χ1n) is 12.2. The molecule has 0 spiro atoms. The lowest BCUT2D eigenvalue weighted by molar-refractivity contribution is -0.140. The molecule has 0 bridgehead atoms. The average molecular weight is 482 g/mol. The van der Waals surface area contributed by atoms with E-state index in [4.69, 9.17) is 14.2 Å². The molecular formula is C28H35NO6. The van der Waals surface area contributed by atoms with E-state index < -0.39 is 17.7 Å². The largest absolute Gasteiger partial charge is 0.507 e. The van der Waals surface area contributed by atoms with Gasteiger partial charge in [-0.25, -0.2) is 0 Å². The summed E-state index contributed by atoms with van der Waals surface area (Å²) < 4.78 is 16.7. The normalized spacial score (nSPS) is 17.1.